The quantitative estimate of drug-likeness (QED) is 0.755. The van der Waals surface area contributed by atoms with Crippen molar-refractivity contribution in [1.29, 1.82) is 0 Å². The second-order valence-corrected chi connectivity index (χ2v) is 6.77. The Kier molecular flexibility index (Phi) is 4.39. The van der Waals surface area contributed by atoms with Gasteiger partial charge < -0.3 is 14.8 Å². The number of aryl methyl sites for hydroxylation is 1. The molecule has 3 aromatic rings. The molecular formula is C19H20FN5O2. The van der Waals surface area contributed by atoms with E-state index in [4.69, 9.17) is 0 Å². The van der Waals surface area contributed by atoms with Crippen molar-refractivity contribution < 1.29 is 9.18 Å². The molecule has 27 heavy (non-hydrogen) atoms. The van der Waals surface area contributed by atoms with Crippen LogP contribution in [0.2, 0.25) is 0 Å². The topological polar surface area (TPSA) is 71.6 Å². The number of fused-ring (bicyclic) bond motifs is 1. The fourth-order valence-corrected chi connectivity index (χ4v) is 3.64. The van der Waals surface area contributed by atoms with Gasteiger partial charge in [-0.25, -0.2) is 9.18 Å². The Morgan fingerprint density at radius 3 is 2.59 bits per heavy atom. The van der Waals surface area contributed by atoms with Gasteiger partial charge in [-0.2, -0.15) is 9.61 Å². The SMILES string of the molecule is Cn1c(C2CCN(C(=O)Nc3ccc(F)cc3)CC2)cc(=O)n2nccc12. The number of hydrogen-bond donors (Lipinski definition) is 1. The first-order valence-corrected chi connectivity index (χ1v) is 8.88. The monoisotopic (exact) mass is 369 g/mol. The molecule has 1 aliphatic heterocycles. The smallest absolute Gasteiger partial charge is 0.321 e. The zero-order valence-corrected chi connectivity index (χ0v) is 14.9. The lowest BCUT2D eigenvalue weighted by molar-refractivity contribution is 0.193. The normalized spacial score (nSPS) is 15.3. The van der Waals surface area contributed by atoms with Crippen molar-refractivity contribution in [2.45, 2.75) is 18.8 Å². The Bertz CT molecular complexity index is 1030. The van der Waals surface area contributed by atoms with Crippen molar-refractivity contribution in [3.63, 3.8) is 0 Å². The summed E-state index contributed by atoms with van der Waals surface area (Å²) in [5, 5.41) is 6.83. The zero-order valence-electron chi connectivity index (χ0n) is 14.9. The lowest BCUT2D eigenvalue weighted by atomic mass is 9.93. The van der Waals surface area contributed by atoms with Crippen molar-refractivity contribution >= 4 is 17.4 Å². The third kappa shape index (κ3) is 3.30. The Balaban J connectivity index is 1.44. The minimum absolute atomic E-state index is 0.139. The summed E-state index contributed by atoms with van der Waals surface area (Å²) >= 11 is 0. The molecule has 1 saturated heterocycles. The second-order valence-electron chi connectivity index (χ2n) is 6.77. The van der Waals surface area contributed by atoms with Gasteiger partial charge in [0.25, 0.3) is 5.56 Å². The maximum Gasteiger partial charge on any atom is 0.321 e. The molecule has 0 atom stereocenters. The molecule has 1 aliphatic rings. The van der Waals surface area contributed by atoms with Gasteiger partial charge in [0.15, 0.2) is 0 Å². The first-order chi connectivity index (χ1) is 13.0. The number of likely N-dealkylation sites (tertiary alicyclic amines) is 1. The minimum atomic E-state index is -0.338. The average molecular weight is 369 g/mol. The van der Waals surface area contributed by atoms with Crippen LogP contribution in [0.15, 0.2) is 47.4 Å². The maximum absolute atomic E-state index is 13.0. The van der Waals surface area contributed by atoms with Crippen molar-refractivity contribution in [2.24, 2.45) is 7.05 Å². The van der Waals surface area contributed by atoms with E-state index in [-0.39, 0.29) is 23.3 Å². The molecule has 0 saturated carbocycles. The Labute approximate surface area is 155 Å². The summed E-state index contributed by atoms with van der Waals surface area (Å²) in [5.74, 6) is -0.132. The van der Waals surface area contributed by atoms with E-state index in [1.807, 2.05) is 17.7 Å². The number of carbonyl (C=O) groups is 1. The van der Waals surface area contributed by atoms with Crippen LogP contribution in [0, 0.1) is 5.82 Å². The molecule has 0 spiro atoms. The lowest BCUT2D eigenvalue weighted by Gasteiger charge is -2.33. The second kappa shape index (κ2) is 6.86. The molecule has 0 bridgehead atoms. The van der Waals surface area contributed by atoms with E-state index in [1.165, 1.54) is 28.8 Å². The number of amides is 2. The third-order valence-corrected chi connectivity index (χ3v) is 5.13. The first-order valence-electron chi connectivity index (χ1n) is 8.88. The summed E-state index contributed by atoms with van der Waals surface area (Å²) < 4.78 is 16.3. The predicted octanol–water partition coefficient (Wildman–Crippen LogP) is 2.58. The molecule has 1 aromatic carbocycles. The summed E-state index contributed by atoms with van der Waals surface area (Å²) in [5.41, 5.74) is 2.15. The third-order valence-electron chi connectivity index (χ3n) is 5.13. The van der Waals surface area contributed by atoms with Crippen molar-refractivity contribution in [3.8, 4) is 0 Å². The summed E-state index contributed by atoms with van der Waals surface area (Å²) in [6.45, 7) is 1.19. The molecule has 3 heterocycles. The number of aromatic nitrogens is 3. The number of halogens is 1. The molecule has 2 amide bonds. The number of piperidine rings is 1. The Morgan fingerprint density at radius 2 is 1.89 bits per heavy atom. The minimum Gasteiger partial charge on any atom is -0.333 e. The molecule has 0 aliphatic carbocycles. The molecule has 7 nitrogen and oxygen atoms in total. The van der Waals surface area contributed by atoms with Gasteiger partial charge in [-0.05, 0) is 37.1 Å². The zero-order chi connectivity index (χ0) is 19.0. The number of benzene rings is 1. The highest BCUT2D eigenvalue weighted by Crippen LogP contribution is 2.28. The molecule has 1 fully saturated rings. The van der Waals surface area contributed by atoms with Gasteiger partial charge in [-0.15, -0.1) is 0 Å². The average Bonchev–Trinajstić information content (AvgIpc) is 3.17. The first kappa shape index (κ1) is 17.3. The summed E-state index contributed by atoms with van der Waals surface area (Å²) in [4.78, 5) is 26.4. The van der Waals surface area contributed by atoms with Gasteiger partial charge in [-0.1, -0.05) is 0 Å². The molecule has 4 rings (SSSR count). The van der Waals surface area contributed by atoms with Gasteiger partial charge in [0.2, 0.25) is 0 Å². The largest absolute Gasteiger partial charge is 0.333 e. The summed E-state index contributed by atoms with van der Waals surface area (Å²) in [6.07, 6.45) is 3.16. The van der Waals surface area contributed by atoms with E-state index in [9.17, 15) is 14.0 Å². The lowest BCUT2D eigenvalue weighted by Crippen LogP contribution is -2.41. The molecule has 140 valence electrons. The van der Waals surface area contributed by atoms with E-state index >= 15 is 0 Å². The number of nitrogens with zero attached hydrogens (tertiary/aromatic N) is 4. The van der Waals surface area contributed by atoms with E-state index in [0.717, 1.165) is 24.2 Å². The van der Waals surface area contributed by atoms with Gasteiger partial charge in [0.05, 0.1) is 6.20 Å². The fourth-order valence-electron chi connectivity index (χ4n) is 3.64. The molecule has 2 aromatic heterocycles. The molecule has 0 radical (unpaired) electrons. The van der Waals surface area contributed by atoms with Crippen LogP contribution in [0.4, 0.5) is 14.9 Å². The highest BCUT2D eigenvalue weighted by molar-refractivity contribution is 5.89. The van der Waals surface area contributed by atoms with Crippen LogP contribution < -0.4 is 10.9 Å². The number of nitrogens with one attached hydrogen (secondary N) is 1. The fraction of sp³-hybridized carbons (Fsp3) is 0.316. The van der Waals surface area contributed by atoms with Crippen molar-refractivity contribution in [3.05, 3.63) is 64.5 Å². The van der Waals surface area contributed by atoms with Gasteiger partial charge in [0.1, 0.15) is 11.5 Å². The van der Waals surface area contributed by atoms with Crippen molar-refractivity contribution in [1.82, 2.24) is 19.1 Å². The van der Waals surface area contributed by atoms with E-state index in [0.29, 0.717) is 18.8 Å². The maximum atomic E-state index is 13.0. The number of urea groups is 1. The van der Waals surface area contributed by atoms with E-state index in [1.54, 1.807) is 17.2 Å². The molecule has 0 unspecified atom stereocenters. The van der Waals surface area contributed by atoms with Gasteiger partial charge in [0, 0.05) is 49.6 Å². The number of rotatable bonds is 2. The van der Waals surface area contributed by atoms with Crippen molar-refractivity contribution in [2.75, 3.05) is 18.4 Å². The Morgan fingerprint density at radius 1 is 1.19 bits per heavy atom. The van der Waals surface area contributed by atoms with Crippen LogP contribution in [-0.2, 0) is 7.05 Å². The Hall–Kier alpha value is -3.16. The summed E-state index contributed by atoms with van der Waals surface area (Å²) in [7, 11) is 1.93. The van der Waals surface area contributed by atoms with E-state index in [2.05, 4.69) is 10.4 Å². The summed E-state index contributed by atoms with van der Waals surface area (Å²) in [6, 6.07) is 8.96. The van der Waals surface area contributed by atoms with E-state index < -0.39 is 0 Å². The predicted molar refractivity (Wildman–Crippen MR) is 99.4 cm³/mol. The number of hydrogen-bond acceptors (Lipinski definition) is 3. The standard InChI is InChI=1S/C19H20FN5O2/c1-23-16(12-18(26)25-17(23)6-9-21-25)13-7-10-24(11-8-13)19(27)22-15-4-2-14(20)3-5-15/h2-6,9,12-13H,7-8,10-11H2,1H3,(H,22,27). The van der Waals surface area contributed by atoms with Crippen LogP contribution >= 0.6 is 0 Å². The highest BCUT2D eigenvalue weighted by atomic mass is 19.1. The van der Waals surface area contributed by atoms with Gasteiger partial charge >= 0.3 is 6.03 Å². The van der Waals surface area contributed by atoms with Crippen LogP contribution in [-0.4, -0.2) is 38.2 Å². The van der Waals surface area contributed by atoms with Crippen LogP contribution in [0.5, 0.6) is 0 Å². The number of anilines is 1. The van der Waals surface area contributed by atoms with Crippen LogP contribution in [0.3, 0.4) is 0 Å². The van der Waals surface area contributed by atoms with Crippen LogP contribution in [0.1, 0.15) is 24.5 Å². The molecule has 8 heteroatoms. The van der Waals surface area contributed by atoms with Gasteiger partial charge in [-0.3, -0.25) is 4.79 Å². The molecular weight excluding hydrogens is 349 g/mol. The molecule has 1 N–H and O–H groups in total. The van der Waals surface area contributed by atoms with Crippen LogP contribution in [0.25, 0.3) is 5.65 Å². The highest BCUT2D eigenvalue weighted by Gasteiger charge is 2.26. The number of carbonyl (C=O) groups excluding carboxylic acids is 1.